The molecule has 1 unspecified atom stereocenters. The summed E-state index contributed by atoms with van der Waals surface area (Å²) in [5.74, 6) is 0. The van der Waals surface area contributed by atoms with Crippen LogP contribution in [0.4, 0.5) is 11.4 Å². The number of hydrogen-bond donors (Lipinski definition) is 2. The van der Waals surface area contributed by atoms with Crippen LogP contribution in [0.2, 0.25) is 0 Å². The van der Waals surface area contributed by atoms with Gasteiger partial charge in [0.25, 0.3) is 0 Å². The predicted molar refractivity (Wildman–Crippen MR) is 123 cm³/mol. The van der Waals surface area contributed by atoms with Crippen LogP contribution in [-0.4, -0.2) is 16.5 Å². The van der Waals surface area contributed by atoms with Crippen molar-refractivity contribution in [3.63, 3.8) is 0 Å². The molecule has 0 fully saturated rings. The molecule has 1 aliphatic heterocycles. The van der Waals surface area contributed by atoms with Gasteiger partial charge in [-0.2, -0.15) is 5.10 Å². The van der Waals surface area contributed by atoms with Gasteiger partial charge in [0.15, 0.2) is 0 Å². The number of aromatic nitrogens is 2. The lowest BCUT2D eigenvalue weighted by Gasteiger charge is -2.31. The van der Waals surface area contributed by atoms with E-state index in [-0.39, 0.29) is 6.17 Å². The van der Waals surface area contributed by atoms with E-state index in [1.54, 1.807) is 0 Å². The maximum atomic E-state index is 4.80. The van der Waals surface area contributed by atoms with Gasteiger partial charge in [-0.15, -0.1) is 0 Å². The van der Waals surface area contributed by atoms with Gasteiger partial charge >= 0.3 is 0 Å². The summed E-state index contributed by atoms with van der Waals surface area (Å²) in [6.07, 6.45) is 3.66. The molecule has 0 amide bonds. The van der Waals surface area contributed by atoms with Crippen LogP contribution in [0.3, 0.4) is 0 Å². The van der Waals surface area contributed by atoms with E-state index in [9.17, 15) is 0 Å². The Labute approximate surface area is 176 Å². The van der Waals surface area contributed by atoms with Crippen LogP contribution in [0.5, 0.6) is 0 Å². The van der Waals surface area contributed by atoms with Gasteiger partial charge in [0.1, 0.15) is 6.17 Å². The number of fused-ring (bicyclic) bond motifs is 2. The molecule has 138 valence electrons. The summed E-state index contributed by atoms with van der Waals surface area (Å²) < 4.78 is 1.21. The SMILES string of the molecule is Ic1ccc2c(c1)N(Cc1ccccc1)C=NC2Nc1ccc2[nH]ncc2c1. The fraction of sp³-hybridized carbons (Fsp3) is 0.0909. The summed E-state index contributed by atoms with van der Waals surface area (Å²) >= 11 is 2.36. The average Bonchev–Trinajstić information content (AvgIpc) is 3.18. The number of aromatic amines is 1. The normalized spacial score (nSPS) is 15.6. The van der Waals surface area contributed by atoms with Gasteiger partial charge in [0, 0.05) is 26.8 Å². The molecule has 2 heterocycles. The van der Waals surface area contributed by atoms with Gasteiger partial charge in [0.05, 0.1) is 23.7 Å². The lowest BCUT2D eigenvalue weighted by molar-refractivity contribution is 0.805. The van der Waals surface area contributed by atoms with Gasteiger partial charge in [-0.05, 0) is 58.5 Å². The molecule has 1 atom stereocenters. The first-order valence-corrected chi connectivity index (χ1v) is 10.2. The van der Waals surface area contributed by atoms with Crippen LogP contribution in [0.1, 0.15) is 17.3 Å². The average molecular weight is 479 g/mol. The highest BCUT2D eigenvalue weighted by molar-refractivity contribution is 14.1. The van der Waals surface area contributed by atoms with Crippen molar-refractivity contribution in [2.45, 2.75) is 12.7 Å². The quantitative estimate of drug-likeness (QED) is 0.390. The topological polar surface area (TPSA) is 56.3 Å². The Morgan fingerprint density at radius 1 is 1.04 bits per heavy atom. The third-order valence-corrected chi connectivity index (χ3v) is 5.56. The maximum absolute atomic E-state index is 4.80. The van der Waals surface area contributed by atoms with Crippen LogP contribution in [-0.2, 0) is 6.54 Å². The number of H-pyrrole nitrogens is 1. The zero-order valence-corrected chi connectivity index (χ0v) is 17.2. The summed E-state index contributed by atoms with van der Waals surface area (Å²) in [7, 11) is 0. The Balaban J connectivity index is 1.46. The van der Waals surface area contributed by atoms with E-state index >= 15 is 0 Å². The van der Waals surface area contributed by atoms with Crippen LogP contribution < -0.4 is 10.2 Å². The molecule has 0 aliphatic carbocycles. The van der Waals surface area contributed by atoms with E-state index in [2.05, 4.69) is 97.6 Å². The molecule has 2 N–H and O–H groups in total. The molecule has 5 nitrogen and oxygen atoms in total. The second kappa shape index (κ2) is 7.27. The largest absolute Gasteiger partial charge is 0.360 e. The molecular weight excluding hydrogens is 461 g/mol. The monoisotopic (exact) mass is 479 g/mol. The van der Waals surface area contributed by atoms with Crippen LogP contribution in [0, 0.1) is 3.57 Å². The van der Waals surface area contributed by atoms with Crippen molar-refractivity contribution in [2.75, 3.05) is 10.2 Å². The molecule has 5 rings (SSSR count). The minimum absolute atomic E-state index is 0.122. The second-order valence-corrected chi connectivity index (χ2v) is 8.05. The third-order valence-electron chi connectivity index (χ3n) is 4.89. The van der Waals surface area contributed by atoms with Crippen molar-refractivity contribution in [1.29, 1.82) is 0 Å². The predicted octanol–water partition coefficient (Wildman–Crippen LogP) is 5.33. The number of nitrogens with one attached hydrogen (secondary N) is 2. The molecule has 1 aromatic heterocycles. The first kappa shape index (κ1) is 17.2. The number of aliphatic imine (C=N–C) groups is 1. The zero-order chi connectivity index (χ0) is 18.9. The van der Waals surface area contributed by atoms with E-state index < -0.39 is 0 Å². The van der Waals surface area contributed by atoms with Crippen molar-refractivity contribution in [2.24, 2.45) is 4.99 Å². The number of anilines is 2. The first-order valence-electron chi connectivity index (χ1n) is 9.09. The van der Waals surface area contributed by atoms with Crippen molar-refractivity contribution >= 4 is 51.2 Å². The van der Waals surface area contributed by atoms with E-state index in [1.165, 1.54) is 20.4 Å². The zero-order valence-electron chi connectivity index (χ0n) is 15.0. The minimum Gasteiger partial charge on any atom is -0.360 e. The molecule has 6 heteroatoms. The molecule has 0 spiro atoms. The Morgan fingerprint density at radius 2 is 1.93 bits per heavy atom. The number of benzene rings is 3. The number of nitrogens with zero attached hydrogens (tertiary/aromatic N) is 3. The summed E-state index contributed by atoms with van der Waals surface area (Å²) in [4.78, 5) is 7.02. The third kappa shape index (κ3) is 3.35. The van der Waals surface area contributed by atoms with Crippen molar-refractivity contribution in [1.82, 2.24) is 10.2 Å². The Bertz CT molecular complexity index is 1150. The standard InChI is InChI=1S/C22H18IN5/c23-17-6-8-19-21(11-17)28(13-15-4-2-1-3-5-15)14-24-22(19)26-18-7-9-20-16(10-18)12-25-27-20/h1-12,14,22,26H,13H2,(H,25,27). The fourth-order valence-electron chi connectivity index (χ4n) is 3.50. The summed E-state index contributed by atoms with van der Waals surface area (Å²) in [6.45, 7) is 0.797. The van der Waals surface area contributed by atoms with E-state index in [0.29, 0.717) is 0 Å². The second-order valence-electron chi connectivity index (χ2n) is 6.80. The van der Waals surface area contributed by atoms with E-state index in [1.807, 2.05) is 24.7 Å². The molecule has 4 aromatic rings. The fourth-order valence-corrected chi connectivity index (χ4v) is 3.97. The number of hydrogen-bond acceptors (Lipinski definition) is 4. The van der Waals surface area contributed by atoms with Crippen LogP contribution >= 0.6 is 22.6 Å². The van der Waals surface area contributed by atoms with Gasteiger partial charge in [0.2, 0.25) is 0 Å². The van der Waals surface area contributed by atoms with Gasteiger partial charge in [-0.1, -0.05) is 36.4 Å². The molecule has 1 aliphatic rings. The Kier molecular flexibility index (Phi) is 4.48. The highest BCUT2D eigenvalue weighted by Crippen LogP contribution is 2.35. The highest BCUT2D eigenvalue weighted by Gasteiger charge is 2.22. The summed E-state index contributed by atoms with van der Waals surface area (Å²) in [5, 5.41) is 11.7. The summed E-state index contributed by atoms with van der Waals surface area (Å²) in [6, 6.07) is 23.2. The van der Waals surface area contributed by atoms with Crippen molar-refractivity contribution < 1.29 is 0 Å². The molecule has 3 aromatic carbocycles. The molecule has 0 bridgehead atoms. The first-order chi connectivity index (χ1) is 13.8. The molecule has 0 radical (unpaired) electrons. The summed E-state index contributed by atoms with van der Waals surface area (Å²) in [5.41, 5.74) is 5.67. The maximum Gasteiger partial charge on any atom is 0.148 e. The Hall–Kier alpha value is -2.87. The number of rotatable bonds is 4. The van der Waals surface area contributed by atoms with Crippen molar-refractivity contribution in [3.8, 4) is 0 Å². The lowest BCUT2D eigenvalue weighted by atomic mass is 10.1. The minimum atomic E-state index is -0.122. The van der Waals surface area contributed by atoms with Crippen molar-refractivity contribution in [3.05, 3.63) is 87.6 Å². The molecule has 0 saturated carbocycles. The van der Waals surface area contributed by atoms with Gasteiger partial charge in [-0.3, -0.25) is 5.10 Å². The number of halogens is 1. The molecular formula is C22H18IN5. The van der Waals surface area contributed by atoms with Crippen LogP contribution in [0.25, 0.3) is 10.9 Å². The Morgan fingerprint density at radius 3 is 2.82 bits per heavy atom. The molecule has 0 saturated heterocycles. The highest BCUT2D eigenvalue weighted by atomic mass is 127. The lowest BCUT2D eigenvalue weighted by Crippen LogP contribution is -2.28. The van der Waals surface area contributed by atoms with Gasteiger partial charge in [-0.25, -0.2) is 4.99 Å². The van der Waals surface area contributed by atoms with Crippen LogP contribution in [0.15, 0.2) is 77.9 Å². The smallest absolute Gasteiger partial charge is 0.148 e. The van der Waals surface area contributed by atoms with E-state index in [0.717, 1.165) is 23.1 Å². The van der Waals surface area contributed by atoms with Gasteiger partial charge < -0.3 is 10.2 Å². The molecule has 28 heavy (non-hydrogen) atoms. The van der Waals surface area contributed by atoms with E-state index in [4.69, 9.17) is 4.99 Å².